The van der Waals surface area contributed by atoms with E-state index in [0.29, 0.717) is 12.8 Å². The molecule has 6 nitrogen and oxygen atoms in total. The second-order valence-electron chi connectivity index (χ2n) is 4.43. The Labute approximate surface area is 110 Å². The van der Waals surface area contributed by atoms with Gasteiger partial charge in [0.1, 0.15) is 0 Å². The third-order valence-electron chi connectivity index (χ3n) is 3.32. The Hall–Kier alpha value is -1.63. The van der Waals surface area contributed by atoms with Gasteiger partial charge in [-0.25, -0.2) is 4.98 Å². The van der Waals surface area contributed by atoms with E-state index in [0.717, 1.165) is 19.3 Å². The third kappa shape index (κ3) is 2.45. The van der Waals surface area contributed by atoms with Gasteiger partial charge < -0.3 is 5.73 Å². The Bertz CT molecular complexity index is 444. The molecule has 1 heterocycles. The highest BCUT2D eigenvalue weighted by Gasteiger charge is 2.42. The maximum absolute atomic E-state index is 12.3. The smallest absolute Gasteiger partial charge is 0.249 e. The van der Waals surface area contributed by atoms with Gasteiger partial charge in [0.05, 0.1) is 22.8 Å². The van der Waals surface area contributed by atoms with Crippen molar-refractivity contribution in [2.24, 2.45) is 11.1 Å². The predicted octanol–water partition coefficient (Wildman–Crippen LogP) is 1.05. The summed E-state index contributed by atoms with van der Waals surface area (Å²) in [5.74, 6) is -0.0357. The number of anilines is 1. The molecule has 0 saturated heterocycles. The summed E-state index contributed by atoms with van der Waals surface area (Å²) in [6.45, 7) is 0. The SMILES string of the molecule is NC(=S)C1(C(=O)Nc2nccnn2)CCCCC1. The minimum Gasteiger partial charge on any atom is -0.392 e. The Morgan fingerprint density at radius 1 is 1.33 bits per heavy atom. The number of aromatic nitrogens is 3. The number of carbonyl (C=O) groups excluding carboxylic acids is 1. The van der Waals surface area contributed by atoms with E-state index in [4.69, 9.17) is 18.0 Å². The molecule has 1 aromatic rings. The maximum atomic E-state index is 12.3. The van der Waals surface area contributed by atoms with E-state index >= 15 is 0 Å². The molecular formula is C11H15N5OS. The van der Waals surface area contributed by atoms with Gasteiger partial charge in [-0.05, 0) is 12.8 Å². The lowest BCUT2D eigenvalue weighted by molar-refractivity contribution is -0.123. The predicted molar refractivity (Wildman–Crippen MR) is 70.8 cm³/mol. The molecule has 1 fully saturated rings. The Morgan fingerprint density at radius 2 is 2.06 bits per heavy atom. The molecule has 7 heteroatoms. The van der Waals surface area contributed by atoms with Crippen molar-refractivity contribution in [2.45, 2.75) is 32.1 Å². The summed E-state index contributed by atoms with van der Waals surface area (Å²) in [6, 6.07) is 0. The molecule has 1 aliphatic rings. The Kier molecular flexibility index (Phi) is 3.81. The molecule has 18 heavy (non-hydrogen) atoms. The van der Waals surface area contributed by atoms with Gasteiger partial charge in [-0.15, -0.1) is 5.10 Å². The van der Waals surface area contributed by atoms with Crippen molar-refractivity contribution >= 4 is 29.1 Å². The molecule has 0 bridgehead atoms. The van der Waals surface area contributed by atoms with Crippen molar-refractivity contribution in [3.05, 3.63) is 12.4 Å². The van der Waals surface area contributed by atoms with Crippen LogP contribution in [0.1, 0.15) is 32.1 Å². The quantitative estimate of drug-likeness (QED) is 0.793. The average molecular weight is 265 g/mol. The first kappa shape index (κ1) is 12.8. The van der Waals surface area contributed by atoms with E-state index < -0.39 is 5.41 Å². The zero-order chi connectivity index (χ0) is 13.0. The van der Waals surface area contributed by atoms with Gasteiger partial charge in [0.15, 0.2) is 0 Å². The summed E-state index contributed by atoms with van der Waals surface area (Å²) in [6.07, 6.45) is 7.32. The zero-order valence-corrected chi connectivity index (χ0v) is 10.7. The van der Waals surface area contributed by atoms with Gasteiger partial charge in [-0.2, -0.15) is 5.10 Å². The molecule has 3 N–H and O–H groups in total. The molecule has 0 radical (unpaired) electrons. The van der Waals surface area contributed by atoms with Crippen LogP contribution in [0.2, 0.25) is 0 Å². The summed E-state index contributed by atoms with van der Waals surface area (Å²) < 4.78 is 0. The zero-order valence-electron chi connectivity index (χ0n) is 9.93. The van der Waals surface area contributed by atoms with Crippen molar-refractivity contribution in [1.82, 2.24) is 15.2 Å². The minimum atomic E-state index is -0.757. The highest BCUT2D eigenvalue weighted by atomic mass is 32.1. The number of nitrogens with zero attached hydrogens (tertiary/aromatic N) is 3. The van der Waals surface area contributed by atoms with Crippen LogP contribution < -0.4 is 11.1 Å². The van der Waals surface area contributed by atoms with E-state index in [1.165, 1.54) is 12.4 Å². The van der Waals surface area contributed by atoms with Crippen molar-refractivity contribution < 1.29 is 4.79 Å². The first-order valence-corrected chi connectivity index (χ1v) is 6.31. The molecule has 0 aromatic carbocycles. The molecule has 0 unspecified atom stereocenters. The lowest BCUT2D eigenvalue weighted by atomic mass is 9.73. The van der Waals surface area contributed by atoms with Gasteiger partial charge in [-0.3, -0.25) is 10.1 Å². The Morgan fingerprint density at radius 3 is 2.61 bits per heavy atom. The van der Waals surface area contributed by atoms with Gasteiger partial charge in [0.2, 0.25) is 11.9 Å². The van der Waals surface area contributed by atoms with Crippen LogP contribution in [0, 0.1) is 5.41 Å². The standard InChI is InChI=1S/C11H15N5OS/c12-8(18)11(4-2-1-3-5-11)9(17)15-10-13-6-7-14-16-10/h6-7H,1-5H2,(H2,12,18)(H,13,15,16,17). The van der Waals surface area contributed by atoms with E-state index in [-0.39, 0.29) is 16.8 Å². The van der Waals surface area contributed by atoms with Crippen LogP contribution in [0.5, 0.6) is 0 Å². The van der Waals surface area contributed by atoms with Crippen LogP contribution in [0.15, 0.2) is 12.4 Å². The molecule has 0 spiro atoms. The fourth-order valence-corrected chi connectivity index (χ4v) is 2.56. The maximum Gasteiger partial charge on any atom is 0.249 e. The van der Waals surface area contributed by atoms with E-state index in [2.05, 4.69) is 20.5 Å². The van der Waals surface area contributed by atoms with Crippen molar-refractivity contribution in [2.75, 3.05) is 5.32 Å². The van der Waals surface area contributed by atoms with Gasteiger partial charge >= 0.3 is 0 Å². The Balaban J connectivity index is 2.16. The second kappa shape index (κ2) is 5.34. The summed E-state index contributed by atoms with van der Waals surface area (Å²) in [5.41, 5.74) is 5.01. The lowest BCUT2D eigenvalue weighted by Gasteiger charge is -2.34. The largest absolute Gasteiger partial charge is 0.392 e. The molecule has 1 saturated carbocycles. The van der Waals surface area contributed by atoms with Crippen molar-refractivity contribution in [1.29, 1.82) is 0 Å². The van der Waals surface area contributed by atoms with Crippen LogP contribution in [0.3, 0.4) is 0 Å². The number of thiocarbonyl (C=S) groups is 1. The van der Waals surface area contributed by atoms with Crippen LogP contribution in [0.25, 0.3) is 0 Å². The first-order chi connectivity index (χ1) is 8.65. The number of hydrogen-bond acceptors (Lipinski definition) is 5. The van der Waals surface area contributed by atoms with Gasteiger partial charge in [0, 0.05) is 0 Å². The molecule has 2 rings (SSSR count). The molecule has 0 aliphatic heterocycles. The first-order valence-electron chi connectivity index (χ1n) is 5.90. The molecule has 0 atom stereocenters. The number of amides is 1. The van der Waals surface area contributed by atoms with Crippen LogP contribution >= 0.6 is 12.2 Å². The normalized spacial score (nSPS) is 18.0. The van der Waals surface area contributed by atoms with Crippen molar-refractivity contribution in [3.8, 4) is 0 Å². The van der Waals surface area contributed by atoms with Gasteiger partial charge in [-0.1, -0.05) is 31.5 Å². The summed E-state index contributed by atoms with van der Waals surface area (Å²) in [7, 11) is 0. The average Bonchev–Trinajstić information content (AvgIpc) is 2.40. The van der Waals surface area contributed by atoms with Crippen LogP contribution in [-0.4, -0.2) is 26.1 Å². The fourth-order valence-electron chi connectivity index (χ4n) is 2.27. The van der Waals surface area contributed by atoms with E-state index in [1.807, 2.05) is 0 Å². The minimum absolute atomic E-state index is 0.184. The number of nitrogens with one attached hydrogen (secondary N) is 1. The molecular weight excluding hydrogens is 250 g/mol. The summed E-state index contributed by atoms with van der Waals surface area (Å²) in [5, 5.41) is 10.0. The van der Waals surface area contributed by atoms with Crippen molar-refractivity contribution in [3.63, 3.8) is 0 Å². The molecule has 1 amide bonds. The number of rotatable bonds is 3. The van der Waals surface area contributed by atoms with Crippen LogP contribution in [0.4, 0.5) is 5.95 Å². The number of nitrogens with two attached hydrogens (primary N) is 1. The molecule has 1 aromatic heterocycles. The van der Waals surface area contributed by atoms with Gasteiger partial charge in [0.25, 0.3) is 0 Å². The monoisotopic (exact) mass is 265 g/mol. The topological polar surface area (TPSA) is 93.8 Å². The van der Waals surface area contributed by atoms with E-state index in [9.17, 15) is 4.79 Å². The second-order valence-corrected chi connectivity index (χ2v) is 4.87. The lowest BCUT2D eigenvalue weighted by Crippen LogP contribution is -2.47. The molecule has 1 aliphatic carbocycles. The fraction of sp³-hybridized carbons (Fsp3) is 0.545. The highest BCUT2D eigenvalue weighted by Crippen LogP contribution is 2.37. The third-order valence-corrected chi connectivity index (χ3v) is 3.71. The summed E-state index contributed by atoms with van der Waals surface area (Å²) in [4.78, 5) is 16.5. The summed E-state index contributed by atoms with van der Waals surface area (Å²) >= 11 is 5.08. The number of carbonyl (C=O) groups is 1. The highest BCUT2D eigenvalue weighted by molar-refractivity contribution is 7.80. The van der Waals surface area contributed by atoms with Crippen LogP contribution in [-0.2, 0) is 4.79 Å². The van der Waals surface area contributed by atoms with E-state index in [1.54, 1.807) is 0 Å². The number of hydrogen-bond donors (Lipinski definition) is 2. The molecule has 96 valence electrons.